The first-order valence-electron chi connectivity index (χ1n) is 10.0. The van der Waals surface area contributed by atoms with Gasteiger partial charge in [-0.05, 0) is 55.3 Å². The number of methoxy groups -OCH3 is 1. The molecule has 6 nitrogen and oxygen atoms in total. The Balaban J connectivity index is 1.91. The van der Waals surface area contributed by atoms with Crippen LogP contribution >= 0.6 is 27.3 Å². The average molecular weight is 513 g/mol. The normalized spacial score (nSPS) is 15.9. The van der Waals surface area contributed by atoms with E-state index in [1.807, 2.05) is 54.6 Å². The van der Waals surface area contributed by atoms with E-state index in [1.165, 1.54) is 15.9 Å². The maximum Gasteiger partial charge on any atom is 0.338 e. The largest absolute Gasteiger partial charge is 0.497 e. The molecule has 0 saturated heterocycles. The van der Waals surface area contributed by atoms with Gasteiger partial charge in [-0.15, -0.1) is 0 Å². The molecule has 0 amide bonds. The number of allylic oxidation sites excluding steroid dienone is 1. The van der Waals surface area contributed by atoms with E-state index in [9.17, 15) is 9.59 Å². The molecule has 1 aliphatic rings. The molecule has 164 valence electrons. The molecule has 1 aromatic heterocycles. The van der Waals surface area contributed by atoms with Gasteiger partial charge in [-0.25, -0.2) is 9.79 Å². The summed E-state index contributed by atoms with van der Waals surface area (Å²) < 4.78 is 13.6. The summed E-state index contributed by atoms with van der Waals surface area (Å²) in [4.78, 5) is 31.4. The maximum atomic E-state index is 13.2. The molecule has 2 heterocycles. The van der Waals surface area contributed by atoms with Crippen molar-refractivity contribution in [3.05, 3.63) is 89.4 Å². The van der Waals surface area contributed by atoms with Gasteiger partial charge >= 0.3 is 5.97 Å². The molecule has 32 heavy (non-hydrogen) atoms. The summed E-state index contributed by atoms with van der Waals surface area (Å²) in [5.41, 5.74) is 2.41. The zero-order valence-corrected chi connectivity index (χ0v) is 20.2. The lowest BCUT2D eigenvalue weighted by molar-refractivity contribution is -0.138. The Bertz CT molecular complexity index is 1370. The molecule has 0 unspecified atom stereocenters. The van der Waals surface area contributed by atoms with Crippen LogP contribution in [0.15, 0.2) is 68.4 Å². The molecular weight excluding hydrogens is 492 g/mol. The zero-order valence-electron chi connectivity index (χ0n) is 17.8. The summed E-state index contributed by atoms with van der Waals surface area (Å²) >= 11 is 4.72. The lowest BCUT2D eigenvalue weighted by atomic mass is 9.96. The Morgan fingerprint density at radius 1 is 1.19 bits per heavy atom. The van der Waals surface area contributed by atoms with E-state index in [0.29, 0.717) is 26.4 Å². The Morgan fingerprint density at radius 3 is 2.50 bits per heavy atom. The summed E-state index contributed by atoms with van der Waals surface area (Å²) in [6.07, 6.45) is 1.83. The highest BCUT2D eigenvalue weighted by Crippen LogP contribution is 2.33. The van der Waals surface area contributed by atoms with Crippen molar-refractivity contribution in [1.29, 1.82) is 0 Å². The van der Waals surface area contributed by atoms with E-state index in [1.54, 1.807) is 21.0 Å². The van der Waals surface area contributed by atoms with Gasteiger partial charge in [0.05, 0.1) is 23.8 Å². The van der Waals surface area contributed by atoms with Gasteiger partial charge in [-0.1, -0.05) is 51.5 Å². The van der Waals surface area contributed by atoms with Crippen LogP contribution in [0, 0.1) is 0 Å². The number of benzene rings is 2. The monoisotopic (exact) mass is 512 g/mol. The number of hydrogen-bond acceptors (Lipinski definition) is 6. The van der Waals surface area contributed by atoms with Crippen molar-refractivity contribution in [1.82, 2.24) is 4.57 Å². The maximum absolute atomic E-state index is 13.2. The van der Waals surface area contributed by atoms with Crippen LogP contribution in [0.1, 0.15) is 31.0 Å². The van der Waals surface area contributed by atoms with Crippen LogP contribution in [0.3, 0.4) is 0 Å². The van der Waals surface area contributed by atoms with Gasteiger partial charge in [0, 0.05) is 10.2 Å². The van der Waals surface area contributed by atoms with Crippen LogP contribution in [0.4, 0.5) is 0 Å². The Morgan fingerprint density at radius 2 is 1.88 bits per heavy atom. The summed E-state index contributed by atoms with van der Waals surface area (Å²) in [7, 11) is 1.60. The minimum atomic E-state index is -0.571. The Kier molecular flexibility index (Phi) is 6.43. The number of halogens is 1. The molecular formula is C24H21BrN2O4S. The van der Waals surface area contributed by atoms with Crippen molar-refractivity contribution in [2.75, 3.05) is 13.7 Å². The first-order chi connectivity index (χ1) is 15.4. The van der Waals surface area contributed by atoms with E-state index < -0.39 is 12.0 Å². The van der Waals surface area contributed by atoms with Crippen molar-refractivity contribution in [2.45, 2.75) is 19.9 Å². The fourth-order valence-electron chi connectivity index (χ4n) is 3.56. The third-order valence-electron chi connectivity index (χ3n) is 5.14. The first-order valence-corrected chi connectivity index (χ1v) is 11.6. The van der Waals surface area contributed by atoms with Gasteiger partial charge in [0.1, 0.15) is 11.8 Å². The predicted octanol–water partition coefficient (Wildman–Crippen LogP) is 3.68. The second-order valence-electron chi connectivity index (χ2n) is 7.11. The van der Waals surface area contributed by atoms with Crippen molar-refractivity contribution in [3.63, 3.8) is 0 Å². The molecule has 1 aliphatic heterocycles. The van der Waals surface area contributed by atoms with E-state index in [2.05, 4.69) is 15.9 Å². The van der Waals surface area contributed by atoms with E-state index in [0.717, 1.165) is 15.6 Å². The Hall–Kier alpha value is -2.97. The second-order valence-corrected chi connectivity index (χ2v) is 9.03. The fraction of sp³-hybridized carbons (Fsp3) is 0.208. The predicted molar refractivity (Wildman–Crippen MR) is 128 cm³/mol. The smallest absolute Gasteiger partial charge is 0.338 e. The number of thiazole rings is 1. The molecule has 3 aromatic rings. The van der Waals surface area contributed by atoms with Crippen LogP contribution in [0.25, 0.3) is 11.8 Å². The number of ether oxygens (including phenoxy) is 2. The number of hydrogen-bond donors (Lipinski definition) is 0. The highest BCUT2D eigenvalue weighted by atomic mass is 79.9. The highest BCUT2D eigenvalue weighted by molar-refractivity contribution is 9.10. The minimum absolute atomic E-state index is 0.204. The number of rotatable bonds is 5. The van der Waals surface area contributed by atoms with Gasteiger partial charge in [0.25, 0.3) is 5.56 Å². The zero-order chi connectivity index (χ0) is 22.8. The SMILES string of the molecule is CCOC(=O)C1=C(C)n2c(s/c(=C\c3ccc(Br)cc3)c2=O)=N[C@@H]1c1ccc(OC)cc1. The van der Waals surface area contributed by atoms with Crippen molar-refractivity contribution >= 4 is 45.0 Å². The number of nitrogens with zero attached hydrogens (tertiary/aromatic N) is 2. The first kappa shape index (κ1) is 22.2. The van der Waals surface area contributed by atoms with Crippen LogP contribution in [-0.2, 0) is 9.53 Å². The fourth-order valence-corrected chi connectivity index (χ4v) is 4.86. The number of fused-ring (bicyclic) bond motifs is 1. The lowest BCUT2D eigenvalue weighted by Crippen LogP contribution is -2.35. The van der Waals surface area contributed by atoms with Gasteiger partial charge in [-0.2, -0.15) is 0 Å². The number of carbonyl (C=O) groups excluding carboxylic acids is 1. The van der Waals surface area contributed by atoms with E-state index >= 15 is 0 Å². The molecule has 0 N–H and O–H groups in total. The summed E-state index contributed by atoms with van der Waals surface area (Å²) in [6, 6.07) is 14.5. The lowest BCUT2D eigenvalue weighted by Gasteiger charge is -2.22. The van der Waals surface area contributed by atoms with Crippen molar-refractivity contribution in [3.8, 4) is 5.75 Å². The van der Waals surface area contributed by atoms with Gasteiger partial charge in [0.2, 0.25) is 0 Å². The molecule has 0 aliphatic carbocycles. The molecule has 0 radical (unpaired) electrons. The quantitative estimate of drug-likeness (QED) is 0.489. The number of esters is 1. The summed E-state index contributed by atoms with van der Waals surface area (Å²) in [5, 5.41) is 0. The van der Waals surface area contributed by atoms with Crippen LogP contribution in [0.2, 0.25) is 0 Å². The third kappa shape index (κ3) is 4.20. The summed E-state index contributed by atoms with van der Waals surface area (Å²) in [5.74, 6) is 0.235. The van der Waals surface area contributed by atoms with E-state index in [-0.39, 0.29) is 12.2 Å². The molecule has 0 spiro atoms. The average Bonchev–Trinajstić information content (AvgIpc) is 3.10. The van der Waals surface area contributed by atoms with E-state index in [4.69, 9.17) is 14.5 Å². The molecule has 1 atom stereocenters. The van der Waals surface area contributed by atoms with Gasteiger partial charge in [-0.3, -0.25) is 9.36 Å². The number of aromatic nitrogens is 1. The van der Waals surface area contributed by atoms with Gasteiger partial charge < -0.3 is 9.47 Å². The number of carbonyl (C=O) groups is 1. The molecule has 0 bridgehead atoms. The van der Waals surface area contributed by atoms with Crippen molar-refractivity contribution < 1.29 is 14.3 Å². The topological polar surface area (TPSA) is 69.9 Å². The van der Waals surface area contributed by atoms with Crippen LogP contribution in [-0.4, -0.2) is 24.3 Å². The molecule has 0 saturated carbocycles. The molecule has 2 aromatic carbocycles. The molecule has 8 heteroatoms. The minimum Gasteiger partial charge on any atom is -0.497 e. The van der Waals surface area contributed by atoms with Crippen LogP contribution < -0.4 is 19.6 Å². The third-order valence-corrected chi connectivity index (χ3v) is 6.65. The van der Waals surface area contributed by atoms with Crippen LogP contribution in [0.5, 0.6) is 5.75 Å². The van der Waals surface area contributed by atoms with Crippen molar-refractivity contribution in [2.24, 2.45) is 4.99 Å². The second kappa shape index (κ2) is 9.26. The van der Waals surface area contributed by atoms with Gasteiger partial charge in [0.15, 0.2) is 4.80 Å². The molecule has 0 fully saturated rings. The standard InChI is InChI=1S/C24H21BrN2O4S/c1-4-31-23(29)20-14(2)27-22(28)19(13-15-5-9-17(25)10-6-15)32-24(27)26-21(20)16-7-11-18(30-3)12-8-16/h5-13,21H,4H2,1-3H3/b19-13-/t21-/m1/s1. The highest BCUT2D eigenvalue weighted by Gasteiger charge is 2.31. The molecule has 4 rings (SSSR count). The Labute approximate surface area is 197 Å². The summed E-state index contributed by atoms with van der Waals surface area (Å²) in [6.45, 7) is 3.75.